The number of benzene rings is 1. The average Bonchev–Trinajstić information content (AvgIpc) is 3.15. The lowest BCUT2D eigenvalue weighted by molar-refractivity contribution is -0.137. The lowest BCUT2D eigenvalue weighted by Crippen LogP contribution is -2.29. The second-order valence-corrected chi connectivity index (χ2v) is 6.57. The normalized spacial score (nSPS) is 15.8. The molecule has 1 aromatic heterocycles. The zero-order valence-electron chi connectivity index (χ0n) is 13.5. The van der Waals surface area contributed by atoms with Crippen molar-refractivity contribution in [3.8, 4) is 17.1 Å². The molecule has 134 valence electrons. The van der Waals surface area contributed by atoms with Crippen LogP contribution in [0.2, 0.25) is 0 Å². The van der Waals surface area contributed by atoms with Crippen molar-refractivity contribution in [3.05, 3.63) is 47.1 Å². The molecule has 2 aromatic rings. The van der Waals surface area contributed by atoms with Crippen LogP contribution in [0.15, 0.2) is 45.7 Å². The van der Waals surface area contributed by atoms with E-state index in [1.165, 1.54) is 6.08 Å². The van der Waals surface area contributed by atoms with Crippen LogP contribution in [0.5, 0.6) is 5.75 Å². The van der Waals surface area contributed by atoms with Crippen molar-refractivity contribution in [1.82, 2.24) is 4.90 Å². The highest BCUT2D eigenvalue weighted by atomic mass is 32.2. The lowest BCUT2D eigenvalue weighted by Gasteiger charge is -2.10. The number of nitrogens with zero attached hydrogens (tertiary/aromatic N) is 1. The molecule has 0 bridgehead atoms. The average molecular weight is 373 g/mol. The van der Waals surface area contributed by atoms with Crippen LogP contribution in [0.1, 0.15) is 18.6 Å². The maximum atomic E-state index is 12.3. The third-order valence-corrected chi connectivity index (χ3v) is 4.61. The Morgan fingerprint density at radius 2 is 1.88 bits per heavy atom. The van der Waals surface area contributed by atoms with E-state index >= 15 is 0 Å². The molecule has 0 saturated carbocycles. The summed E-state index contributed by atoms with van der Waals surface area (Å²) in [6.45, 7) is 0.0746. The summed E-state index contributed by atoms with van der Waals surface area (Å²) in [7, 11) is 0. The molecule has 2 heterocycles. The molecule has 8 heteroatoms. The van der Waals surface area contributed by atoms with Crippen molar-refractivity contribution in [1.29, 1.82) is 0 Å². The topological polar surface area (TPSA) is 108 Å². The zero-order chi connectivity index (χ0) is 18.7. The molecular weight excluding hydrogens is 358 g/mol. The Bertz CT molecular complexity index is 883. The van der Waals surface area contributed by atoms with Crippen LogP contribution in [0, 0.1) is 0 Å². The van der Waals surface area contributed by atoms with Crippen LogP contribution in [-0.2, 0) is 9.59 Å². The van der Waals surface area contributed by atoms with E-state index in [4.69, 9.17) is 9.52 Å². The molecule has 0 unspecified atom stereocenters. The van der Waals surface area contributed by atoms with Crippen LogP contribution >= 0.6 is 11.8 Å². The molecular formula is C18H15NO6S. The fraction of sp³-hybridized carbons (Fsp3) is 0.167. The summed E-state index contributed by atoms with van der Waals surface area (Å²) in [4.78, 5) is 36.1. The van der Waals surface area contributed by atoms with E-state index in [1.54, 1.807) is 36.4 Å². The molecule has 0 radical (unpaired) electrons. The van der Waals surface area contributed by atoms with Gasteiger partial charge in [0.15, 0.2) is 0 Å². The number of furan rings is 1. The fourth-order valence-corrected chi connectivity index (χ4v) is 3.27. The third kappa shape index (κ3) is 3.97. The summed E-state index contributed by atoms with van der Waals surface area (Å²) in [5, 5.41) is 17.5. The summed E-state index contributed by atoms with van der Waals surface area (Å²) >= 11 is 0.801. The first kappa shape index (κ1) is 17.8. The highest BCUT2D eigenvalue weighted by Gasteiger charge is 2.34. The van der Waals surface area contributed by atoms with Crippen molar-refractivity contribution >= 4 is 35.0 Å². The van der Waals surface area contributed by atoms with Crippen molar-refractivity contribution in [2.45, 2.75) is 12.8 Å². The summed E-state index contributed by atoms with van der Waals surface area (Å²) in [5.74, 6) is -0.281. The number of amides is 2. The van der Waals surface area contributed by atoms with E-state index in [1.807, 2.05) is 0 Å². The summed E-state index contributed by atoms with van der Waals surface area (Å²) in [6.07, 6.45) is 1.60. The molecule has 1 aliphatic heterocycles. The Balaban J connectivity index is 1.72. The third-order valence-electron chi connectivity index (χ3n) is 3.70. The first-order valence-electron chi connectivity index (χ1n) is 7.80. The fourth-order valence-electron chi connectivity index (χ4n) is 2.42. The first-order chi connectivity index (χ1) is 12.4. The van der Waals surface area contributed by atoms with Crippen LogP contribution in [0.4, 0.5) is 4.79 Å². The quantitative estimate of drug-likeness (QED) is 0.745. The molecule has 0 spiro atoms. The molecule has 2 N–H and O–H groups in total. The van der Waals surface area contributed by atoms with Gasteiger partial charge in [-0.2, -0.15) is 0 Å². The van der Waals surface area contributed by atoms with Gasteiger partial charge in [-0.3, -0.25) is 19.3 Å². The Labute approximate surface area is 152 Å². The van der Waals surface area contributed by atoms with Crippen molar-refractivity contribution in [2.75, 3.05) is 6.54 Å². The number of carboxylic acid groups (broad SMARTS) is 1. The molecule has 0 aliphatic carbocycles. The second-order valence-electron chi connectivity index (χ2n) is 5.58. The van der Waals surface area contributed by atoms with Gasteiger partial charge in [0.1, 0.15) is 17.3 Å². The van der Waals surface area contributed by atoms with Gasteiger partial charge in [0.2, 0.25) is 0 Å². The van der Waals surface area contributed by atoms with Crippen LogP contribution < -0.4 is 0 Å². The maximum Gasteiger partial charge on any atom is 0.303 e. The standard InChI is InChI=1S/C18H15NO6S/c20-12-5-3-11(4-6-12)14-8-7-13(25-14)10-15-17(23)19(18(24)26-15)9-1-2-16(21)22/h3-8,10,20H,1-2,9H2,(H,21,22)/b15-10+. The minimum Gasteiger partial charge on any atom is -0.508 e. The largest absolute Gasteiger partial charge is 0.508 e. The predicted molar refractivity (Wildman–Crippen MR) is 95.4 cm³/mol. The van der Waals surface area contributed by atoms with Crippen LogP contribution in [-0.4, -0.2) is 38.8 Å². The molecule has 2 amide bonds. The van der Waals surface area contributed by atoms with E-state index in [2.05, 4.69) is 0 Å². The molecule has 1 fully saturated rings. The van der Waals surface area contributed by atoms with E-state index < -0.39 is 17.1 Å². The number of hydrogen-bond acceptors (Lipinski definition) is 6. The molecule has 1 aromatic carbocycles. The monoisotopic (exact) mass is 373 g/mol. The molecule has 1 aliphatic rings. The number of carboxylic acids is 1. The number of aliphatic carboxylic acids is 1. The highest BCUT2D eigenvalue weighted by molar-refractivity contribution is 8.18. The van der Waals surface area contributed by atoms with Crippen LogP contribution in [0.3, 0.4) is 0 Å². The Kier molecular flexibility index (Phi) is 5.13. The maximum absolute atomic E-state index is 12.3. The highest BCUT2D eigenvalue weighted by Crippen LogP contribution is 2.33. The number of phenols is 1. The van der Waals surface area contributed by atoms with Gasteiger partial charge in [0, 0.05) is 24.6 Å². The SMILES string of the molecule is O=C(O)CCCN1C(=O)S/C(=C/c2ccc(-c3ccc(O)cc3)o2)C1=O. The van der Waals surface area contributed by atoms with Gasteiger partial charge in [0.25, 0.3) is 11.1 Å². The minimum absolute atomic E-state index is 0.0746. The van der Waals surface area contributed by atoms with Crippen LogP contribution in [0.25, 0.3) is 17.4 Å². The number of aromatic hydroxyl groups is 1. The number of phenolic OH excluding ortho intramolecular Hbond substituents is 1. The number of rotatable bonds is 6. The van der Waals surface area contributed by atoms with Gasteiger partial charge < -0.3 is 14.6 Å². The predicted octanol–water partition coefficient (Wildman–Crippen LogP) is 3.55. The van der Waals surface area contributed by atoms with Gasteiger partial charge in [0.05, 0.1) is 4.91 Å². The zero-order valence-corrected chi connectivity index (χ0v) is 14.4. The summed E-state index contributed by atoms with van der Waals surface area (Å²) in [6, 6.07) is 9.90. The number of carbonyl (C=O) groups excluding carboxylic acids is 2. The van der Waals surface area contributed by atoms with Crippen molar-refractivity contribution in [3.63, 3.8) is 0 Å². The molecule has 1 saturated heterocycles. The first-order valence-corrected chi connectivity index (χ1v) is 8.62. The Morgan fingerprint density at radius 1 is 1.15 bits per heavy atom. The molecule has 7 nitrogen and oxygen atoms in total. The second kappa shape index (κ2) is 7.49. The Morgan fingerprint density at radius 3 is 2.58 bits per heavy atom. The van der Waals surface area contributed by atoms with E-state index in [9.17, 15) is 19.5 Å². The molecule has 26 heavy (non-hydrogen) atoms. The van der Waals surface area contributed by atoms with Gasteiger partial charge >= 0.3 is 5.97 Å². The van der Waals surface area contributed by atoms with Crippen molar-refractivity contribution in [2.24, 2.45) is 0 Å². The van der Waals surface area contributed by atoms with E-state index in [0.29, 0.717) is 11.5 Å². The molecule has 0 atom stereocenters. The van der Waals surface area contributed by atoms with Gasteiger partial charge in [-0.15, -0.1) is 0 Å². The van der Waals surface area contributed by atoms with Gasteiger partial charge in [-0.05, 0) is 54.6 Å². The van der Waals surface area contributed by atoms with E-state index in [0.717, 1.165) is 22.2 Å². The van der Waals surface area contributed by atoms with Crippen molar-refractivity contribution < 1.29 is 29.0 Å². The number of imide groups is 1. The summed E-state index contributed by atoms with van der Waals surface area (Å²) in [5.41, 5.74) is 0.768. The van der Waals surface area contributed by atoms with Gasteiger partial charge in [-0.1, -0.05) is 0 Å². The van der Waals surface area contributed by atoms with E-state index in [-0.39, 0.29) is 30.0 Å². The van der Waals surface area contributed by atoms with Gasteiger partial charge in [-0.25, -0.2) is 0 Å². The smallest absolute Gasteiger partial charge is 0.303 e. The number of hydrogen-bond donors (Lipinski definition) is 2. The Hall–Kier alpha value is -3.00. The number of thioether (sulfide) groups is 1. The lowest BCUT2D eigenvalue weighted by atomic mass is 10.2. The molecule has 3 rings (SSSR count). The minimum atomic E-state index is -0.968. The number of carbonyl (C=O) groups is 3. The summed E-state index contributed by atoms with van der Waals surface area (Å²) < 4.78 is 5.67.